The van der Waals surface area contributed by atoms with Gasteiger partial charge in [0.2, 0.25) is 11.4 Å². The number of nitrogens with one attached hydrogen (secondary N) is 1. The van der Waals surface area contributed by atoms with Crippen molar-refractivity contribution in [2.75, 3.05) is 13.2 Å². The van der Waals surface area contributed by atoms with Crippen LogP contribution in [0.2, 0.25) is 0 Å². The van der Waals surface area contributed by atoms with Crippen molar-refractivity contribution in [2.45, 2.75) is 45.6 Å². The number of amides is 1. The minimum atomic E-state index is -1.76. The maximum Gasteiger partial charge on any atom is 0.343 e. The van der Waals surface area contributed by atoms with Crippen LogP contribution in [0.15, 0.2) is 12.2 Å². The van der Waals surface area contributed by atoms with Gasteiger partial charge in [-0.05, 0) is 39.0 Å². The van der Waals surface area contributed by atoms with Crippen molar-refractivity contribution in [3.8, 4) is 0 Å². The van der Waals surface area contributed by atoms with E-state index in [1.165, 1.54) is 6.92 Å². The van der Waals surface area contributed by atoms with Crippen molar-refractivity contribution in [3.63, 3.8) is 0 Å². The summed E-state index contributed by atoms with van der Waals surface area (Å²) in [7, 11) is 0. The molecule has 0 fully saturated rings. The topological polar surface area (TPSA) is 81.7 Å². The Morgan fingerprint density at radius 2 is 1.57 bits per heavy atom. The summed E-state index contributed by atoms with van der Waals surface area (Å²) in [6, 6.07) is 0. The molecule has 0 saturated carbocycles. The Kier molecular flexibility index (Phi) is 6.39. The molecule has 0 radical (unpaired) electrons. The molecule has 0 aromatic rings. The third kappa shape index (κ3) is 4.31. The number of ether oxygens (including phenoxy) is 2. The number of rotatable bonds is 7. The van der Waals surface area contributed by atoms with Crippen molar-refractivity contribution >= 4 is 17.8 Å². The van der Waals surface area contributed by atoms with Gasteiger partial charge in [0, 0.05) is 6.92 Å². The highest BCUT2D eigenvalue weighted by atomic mass is 16.6. The van der Waals surface area contributed by atoms with Gasteiger partial charge >= 0.3 is 11.9 Å². The summed E-state index contributed by atoms with van der Waals surface area (Å²) in [5.74, 6) is -1.89. The Bertz CT molecular complexity index is 404. The zero-order valence-corrected chi connectivity index (χ0v) is 12.8. The number of hydrogen-bond donors (Lipinski definition) is 1. The second kappa shape index (κ2) is 7.81. The fourth-order valence-electron chi connectivity index (χ4n) is 2.49. The second-order valence-corrected chi connectivity index (χ2v) is 5.04. The number of carbonyl (C=O) groups is 3. The van der Waals surface area contributed by atoms with Gasteiger partial charge in [0.15, 0.2) is 0 Å². The molecule has 0 aliphatic heterocycles. The standard InChI is InChI=1S/C15H23NO5/c1-4-20-13(18)15(16-11(3)17,14(19)21-5-2)10-12-8-6-7-9-12/h6-7,12H,4-5,8-10H2,1-3H3,(H,16,17). The van der Waals surface area contributed by atoms with Gasteiger partial charge in [-0.2, -0.15) is 0 Å². The van der Waals surface area contributed by atoms with Gasteiger partial charge in [-0.1, -0.05) is 12.2 Å². The van der Waals surface area contributed by atoms with E-state index in [-0.39, 0.29) is 25.6 Å². The molecule has 1 rings (SSSR count). The summed E-state index contributed by atoms with van der Waals surface area (Å²) in [5.41, 5.74) is -1.76. The van der Waals surface area contributed by atoms with Crippen molar-refractivity contribution in [2.24, 2.45) is 5.92 Å². The highest BCUT2D eigenvalue weighted by Gasteiger charge is 2.51. The average molecular weight is 297 g/mol. The van der Waals surface area contributed by atoms with E-state index in [1.807, 2.05) is 12.2 Å². The number of allylic oxidation sites excluding steroid dienone is 2. The third-order valence-electron chi connectivity index (χ3n) is 3.34. The fraction of sp³-hybridized carbons (Fsp3) is 0.667. The Hall–Kier alpha value is -1.85. The predicted octanol–water partition coefficient (Wildman–Crippen LogP) is 1.34. The van der Waals surface area contributed by atoms with Crippen molar-refractivity contribution in [3.05, 3.63) is 12.2 Å². The zero-order valence-electron chi connectivity index (χ0n) is 12.8. The first-order valence-corrected chi connectivity index (χ1v) is 7.24. The van der Waals surface area contributed by atoms with E-state index in [0.717, 1.165) is 12.8 Å². The van der Waals surface area contributed by atoms with Crippen LogP contribution in [0.4, 0.5) is 0 Å². The summed E-state index contributed by atoms with van der Waals surface area (Å²) >= 11 is 0. The lowest BCUT2D eigenvalue weighted by molar-refractivity contribution is -0.169. The molecule has 21 heavy (non-hydrogen) atoms. The first-order valence-electron chi connectivity index (χ1n) is 7.24. The van der Waals surface area contributed by atoms with Gasteiger partial charge in [-0.3, -0.25) is 4.79 Å². The summed E-state index contributed by atoms with van der Waals surface area (Å²) < 4.78 is 10.0. The highest BCUT2D eigenvalue weighted by molar-refractivity contribution is 6.07. The molecular weight excluding hydrogens is 274 g/mol. The van der Waals surface area contributed by atoms with Crippen LogP contribution in [-0.2, 0) is 23.9 Å². The SMILES string of the molecule is CCOC(=O)C(CC1CC=CC1)(NC(C)=O)C(=O)OCC. The highest BCUT2D eigenvalue weighted by Crippen LogP contribution is 2.29. The lowest BCUT2D eigenvalue weighted by Gasteiger charge is -2.31. The minimum Gasteiger partial charge on any atom is -0.464 e. The van der Waals surface area contributed by atoms with Gasteiger partial charge in [0.05, 0.1) is 13.2 Å². The third-order valence-corrected chi connectivity index (χ3v) is 3.34. The van der Waals surface area contributed by atoms with Crippen LogP contribution in [0.25, 0.3) is 0 Å². The molecule has 6 nitrogen and oxygen atoms in total. The first-order chi connectivity index (χ1) is 9.96. The van der Waals surface area contributed by atoms with Crippen molar-refractivity contribution in [1.82, 2.24) is 5.32 Å². The monoisotopic (exact) mass is 297 g/mol. The number of carbonyl (C=O) groups excluding carboxylic acids is 3. The summed E-state index contributed by atoms with van der Waals surface area (Å²) in [6.07, 6.45) is 5.70. The molecule has 1 N–H and O–H groups in total. The average Bonchev–Trinajstić information content (AvgIpc) is 2.90. The summed E-state index contributed by atoms with van der Waals surface area (Å²) in [6.45, 7) is 4.82. The summed E-state index contributed by atoms with van der Waals surface area (Å²) in [4.78, 5) is 36.2. The lowest BCUT2D eigenvalue weighted by Crippen LogP contribution is -2.61. The van der Waals surface area contributed by atoms with E-state index in [4.69, 9.17) is 9.47 Å². The lowest BCUT2D eigenvalue weighted by atomic mass is 9.85. The van der Waals surface area contributed by atoms with Gasteiger partial charge in [0.25, 0.3) is 0 Å². The van der Waals surface area contributed by atoms with Gasteiger partial charge in [0.1, 0.15) is 0 Å². The molecule has 0 heterocycles. The summed E-state index contributed by atoms with van der Waals surface area (Å²) in [5, 5.41) is 2.47. The maximum absolute atomic E-state index is 12.3. The van der Waals surface area contributed by atoms with E-state index >= 15 is 0 Å². The van der Waals surface area contributed by atoms with E-state index in [2.05, 4.69) is 5.32 Å². The van der Waals surface area contributed by atoms with Crippen LogP contribution < -0.4 is 5.32 Å². The predicted molar refractivity (Wildman–Crippen MR) is 76.3 cm³/mol. The second-order valence-electron chi connectivity index (χ2n) is 5.04. The Balaban J connectivity index is 3.07. The maximum atomic E-state index is 12.3. The Labute approximate surface area is 124 Å². The van der Waals surface area contributed by atoms with Gasteiger partial charge < -0.3 is 14.8 Å². The van der Waals surface area contributed by atoms with Crippen LogP contribution >= 0.6 is 0 Å². The smallest absolute Gasteiger partial charge is 0.343 e. The van der Waals surface area contributed by atoms with Crippen LogP contribution in [0, 0.1) is 5.92 Å². The molecule has 1 aliphatic rings. The molecule has 1 aliphatic carbocycles. The molecule has 0 bridgehead atoms. The van der Waals surface area contributed by atoms with Gasteiger partial charge in [-0.15, -0.1) is 0 Å². The van der Waals surface area contributed by atoms with Crippen LogP contribution in [-0.4, -0.2) is 36.6 Å². The van der Waals surface area contributed by atoms with E-state index in [0.29, 0.717) is 0 Å². The molecular formula is C15H23NO5. The first kappa shape index (κ1) is 17.2. The van der Waals surface area contributed by atoms with Crippen molar-refractivity contribution < 1.29 is 23.9 Å². The molecule has 0 spiro atoms. The molecule has 118 valence electrons. The van der Waals surface area contributed by atoms with E-state index < -0.39 is 23.4 Å². The van der Waals surface area contributed by atoms with E-state index in [9.17, 15) is 14.4 Å². The Morgan fingerprint density at radius 1 is 1.10 bits per heavy atom. The minimum absolute atomic E-state index is 0.102. The zero-order chi connectivity index (χ0) is 15.9. The molecule has 6 heteroatoms. The molecule has 0 saturated heterocycles. The molecule has 1 amide bonds. The van der Waals surface area contributed by atoms with E-state index in [1.54, 1.807) is 13.8 Å². The van der Waals surface area contributed by atoms with Crippen LogP contribution in [0.3, 0.4) is 0 Å². The number of esters is 2. The molecule has 0 aromatic heterocycles. The molecule has 0 unspecified atom stereocenters. The van der Waals surface area contributed by atoms with Crippen LogP contribution in [0.5, 0.6) is 0 Å². The quantitative estimate of drug-likeness (QED) is 0.436. The number of hydrogen-bond acceptors (Lipinski definition) is 5. The fourth-order valence-corrected chi connectivity index (χ4v) is 2.49. The van der Waals surface area contributed by atoms with Crippen molar-refractivity contribution in [1.29, 1.82) is 0 Å². The van der Waals surface area contributed by atoms with Gasteiger partial charge in [-0.25, -0.2) is 9.59 Å². The molecule has 0 atom stereocenters. The van der Waals surface area contributed by atoms with Crippen LogP contribution in [0.1, 0.15) is 40.0 Å². The molecule has 0 aromatic carbocycles. The largest absolute Gasteiger partial charge is 0.464 e. The Morgan fingerprint density at radius 3 is 1.95 bits per heavy atom. The normalized spacial score (nSPS) is 14.8.